The minimum Gasteiger partial charge on any atom is -0.872 e. The maximum Gasteiger partial charge on any atom is 0.189 e. The molecule has 0 aliphatic rings. The van der Waals surface area contributed by atoms with Crippen molar-refractivity contribution < 1.29 is 15.0 Å². The monoisotopic (exact) mass is 287 g/mol. The molecule has 0 spiro atoms. The van der Waals surface area contributed by atoms with Crippen LogP contribution >= 0.6 is 11.6 Å². The highest BCUT2D eigenvalue weighted by molar-refractivity contribution is 6.32. The maximum atomic E-state index is 12.0. The number of ketones is 1. The predicted octanol–water partition coefficient (Wildman–Crippen LogP) is 2.94. The summed E-state index contributed by atoms with van der Waals surface area (Å²) < 4.78 is 0. The lowest BCUT2D eigenvalue weighted by atomic mass is 10.0. The predicted molar refractivity (Wildman–Crippen MR) is 76.6 cm³/mol. The van der Waals surface area contributed by atoms with E-state index >= 15 is 0 Å². The summed E-state index contributed by atoms with van der Waals surface area (Å²) in [7, 11) is 0. The highest BCUT2D eigenvalue weighted by Gasteiger charge is 2.11. The lowest BCUT2D eigenvalue weighted by Crippen LogP contribution is -2.06. The first-order chi connectivity index (χ1) is 9.49. The Hall–Kier alpha value is -2.26. The molecular weight excluding hydrogens is 276 g/mol. The summed E-state index contributed by atoms with van der Waals surface area (Å²) in [4.78, 5) is 12.0. The van der Waals surface area contributed by atoms with Gasteiger partial charge in [-0.3, -0.25) is 4.79 Å². The second-order valence-electron chi connectivity index (χ2n) is 4.36. The molecule has 0 heterocycles. The summed E-state index contributed by atoms with van der Waals surface area (Å²) in [5.74, 6) is -1.17. The minimum atomic E-state index is -0.571. The summed E-state index contributed by atoms with van der Waals surface area (Å²) in [5, 5.41) is 22.0. The molecule has 0 bridgehead atoms. The van der Waals surface area contributed by atoms with Crippen LogP contribution in [0.5, 0.6) is 5.75 Å². The SMILES string of the molecule is Cc1cc(O)c(C(=O)C=C([O-])c2ccccc2)cc1Cl. The molecule has 0 atom stereocenters. The number of carbonyl (C=O) groups is 1. The molecule has 3 nitrogen and oxygen atoms in total. The van der Waals surface area contributed by atoms with Gasteiger partial charge in [0.05, 0.1) is 5.56 Å². The van der Waals surface area contributed by atoms with Crippen molar-refractivity contribution >= 4 is 23.1 Å². The third kappa shape index (κ3) is 3.00. The standard InChI is InChI=1S/C16H13ClO3/c1-10-7-15(19)12(8-13(10)17)16(20)9-14(18)11-5-3-2-4-6-11/h2-9,18-19H,1H3/p-1. The van der Waals surface area contributed by atoms with Crippen molar-refractivity contribution in [3.63, 3.8) is 0 Å². The highest BCUT2D eigenvalue weighted by atomic mass is 35.5. The molecule has 2 aromatic carbocycles. The van der Waals surface area contributed by atoms with Crippen molar-refractivity contribution in [2.24, 2.45) is 0 Å². The molecule has 20 heavy (non-hydrogen) atoms. The number of phenolic OH excluding ortho intramolecular Hbond substituents is 1. The second kappa shape index (κ2) is 5.80. The van der Waals surface area contributed by atoms with Gasteiger partial charge in [-0.05, 0) is 36.3 Å². The molecule has 0 aliphatic heterocycles. The van der Waals surface area contributed by atoms with E-state index < -0.39 is 11.5 Å². The number of halogens is 1. The van der Waals surface area contributed by atoms with Gasteiger partial charge in [0, 0.05) is 5.02 Å². The lowest BCUT2D eigenvalue weighted by molar-refractivity contribution is -0.243. The summed E-state index contributed by atoms with van der Waals surface area (Å²) in [5.41, 5.74) is 1.10. The summed E-state index contributed by atoms with van der Waals surface area (Å²) in [6.07, 6.45) is 0.954. The molecule has 0 saturated heterocycles. The van der Waals surface area contributed by atoms with E-state index in [1.165, 1.54) is 12.1 Å². The number of phenols is 1. The molecule has 0 amide bonds. The van der Waals surface area contributed by atoms with Crippen molar-refractivity contribution in [1.82, 2.24) is 0 Å². The van der Waals surface area contributed by atoms with E-state index in [-0.39, 0.29) is 11.3 Å². The third-order valence-electron chi connectivity index (χ3n) is 2.86. The first-order valence-electron chi connectivity index (χ1n) is 5.96. The van der Waals surface area contributed by atoms with Crippen molar-refractivity contribution in [3.05, 3.63) is 70.3 Å². The van der Waals surface area contributed by atoms with Gasteiger partial charge in [0.25, 0.3) is 0 Å². The minimum absolute atomic E-state index is 0.0184. The number of hydrogen-bond acceptors (Lipinski definition) is 3. The van der Waals surface area contributed by atoms with Crippen LogP contribution in [-0.2, 0) is 0 Å². The van der Waals surface area contributed by atoms with Crippen molar-refractivity contribution in [3.8, 4) is 5.75 Å². The smallest absolute Gasteiger partial charge is 0.189 e. The molecule has 1 N–H and O–H groups in total. The van der Waals surface area contributed by atoms with Gasteiger partial charge in [0.15, 0.2) is 5.78 Å². The van der Waals surface area contributed by atoms with Gasteiger partial charge >= 0.3 is 0 Å². The number of allylic oxidation sites excluding steroid dienone is 1. The van der Waals surface area contributed by atoms with E-state index in [9.17, 15) is 15.0 Å². The fourth-order valence-corrected chi connectivity index (χ4v) is 1.91. The van der Waals surface area contributed by atoms with Crippen LogP contribution in [0.3, 0.4) is 0 Å². The van der Waals surface area contributed by atoms with Crippen LogP contribution in [0.25, 0.3) is 5.76 Å². The number of hydrogen-bond donors (Lipinski definition) is 1. The normalized spacial score (nSPS) is 11.4. The van der Waals surface area contributed by atoms with Gasteiger partial charge in [0.2, 0.25) is 0 Å². The van der Waals surface area contributed by atoms with Crippen LogP contribution in [0, 0.1) is 6.92 Å². The van der Waals surface area contributed by atoms with Crippen LogP contribution in [-0.4, -0.2) is 10.9 Å². The van der Waals surface area contributed by atoms with Crippen LogP contribution in [0.1, 0.15) is 21.5 Å². The Morgan fingerprint density at radius 1 is 1.25 bits per heavy atom. The quantitative estimate of drug-likeness (QED) is 0.536. The van der Waals surface area contributed by atoms with Gasteiger partial charge in [-0.25, -0.2) is 0 Å². The number of benzene rings is 2. The molecule has 0 saturated carbocycles. The fourth-order valence-electron chi connectivity index (χ4n) is 1.75. The Labute approximate surface area is 121 Å². The van der Waals surface area contributed by atoms with Crippen molar-refractivity contribution in [2.45, 2.75) is 6.92 Å². The fraction of sp³-hybridized carbons (Fsp3) is 0.0625. The van der Waals surface area contributed by atoms with E-state index in [1.54, 1.807) is 37.3 Å². The average Bonchev–Trinajstić information content (AvgIpc) is 2.43. The first-order valence-corrected chi connectivity index (χ1v) is 6.34. The number of carbonyl (C=O) groups excluding carboxylic acids is 1. The van der Waals surface area contributed by atoms with Crippen molar-refractivity contribution in [2.75, 3.05) is 0 Å². The zero-order chi connectivity index (χ0) is 14.7. The summed E-state index contributed by atoms with van der Waals surface area (Å²) >= 11 is 5.92. The third-order valence-corrected chi connectivity index (χ3v) is 3.27. The van der Waals surface area contributed by atoms with Gasteiger partial charge in [-0.1, -0.05) is 47.7 Å². The Balaban J connectivity index is 2.35. The average molecular weight is 288 g/mol. The molecular formula is C16H12ClO3-. The zero-order valence-electron chi connectivity index (χ0n) is 10.8. The summed E-state index contributed by atoms with van der Waals surface area (Å²) in [6.45, 7) is 1.72. The Kier molecular flexibility index (Phi) is 4.11. The number of rotatable bonds is 3. The van der Waals surface area contributed by atoms with Crippen molar-refractivity contribution in [1.29, 1.82) is 0 Å². The van der Waals surface area contributed by atoms with E-state index in [0.29, 0.717) is 16.1 Å². The molecule has 0 fully saturated rings. The number of aromatic hydroxyl groups is 1. The number of aryl methyl sites for hydroxylation is 1. The van der Waals surface area contributed by atoms with Crippen LogP contribution in [0.15, 0.2) is 48.5 Å². The van der Waals surface area contributed by atoms with Gasteiger partial charge in [0.1, 0.15) is 5.75 Å². The van der Waals surface area contributed by atoms with Crippen LogP contribution in [0.4, 0.5) is 0 Å². The van der Waals surface area contributed by atoms with Crippen LogP contribution in [0.2, 0.25) is 5.02 Å². The van der Waals surface area contributed by atoms with E-state index in [2.05, 4.69) is 0 Å². The van der Waals surface area contributed by atoms with E-state index in [4.69, 9.17) is 11.6 Å². The molecule has 0 unspecified atom stereocenters. The van der Waals surface area contributed by atoms with Gasteiger partial charge in [-0.2, -0.15) is 0 Å². The van der Waals surface area contributed by atoms with Crippen LogP contribution < -0.4 is 5.11 Å². The molecule has 102 valence electrons. The molecule has 2 rings (SSSR count). The molecule has 4 heteroatoms. The summed E-state index contributed by atoms with van der Waals surface area (Å²) in [6, 6.07) is 11.2. The lowest BCUT2D eigenvalue weighted by Gasteiger charge is -2.12. The van der Waals surface area contributed by atoms with E-state index in [0.717, 1.165) is 6.08 Å². The van der Waals surface area contributed by atoms with Gasteiger partial charge < -0.3 is 10.2 Å². The maximum absolute atomic E-state index is 12.0. The topological polar surface area (TPSA) is 60.4 Å². The molecule has 2 aromatic rings. The Morgan fingerprint density at radius 3 is 2.55 bits per heavy atom. The van der Waals surface area contributed by atoms with Gasteiger partial charge in [-0.15, -0.1) is 0 Å². The Bertz CT molecular complexity index is 676. The highest BCUT2D eigenvalue weighted by Crippen LogP contribution is 2.26. The first kappa shape index (κ1) is 14.2. The Morgan fingerprint density at radius 2 is 1.90 bits per heavy atom. The molecule has 0 aliphatic carbocycles. The largest absolute Gasteiger partial charge is 0.872 e. The van der Waals surface area contributed by atoms with E-state index in [1.807, 2.05) is 0 Å². The molecule has 0 aromatic heterocycles. The molecule has 0 radical (unpaired) electrons. The second-order valence-corrected chi connectivity index (χ2v) is 4.76. The zero-order valence-corrected chi connectivity index (χ0v) is 11.5.